The van der Waals surface area contributed by atoms with Gasteiger partial charge in [0.15, 0.2) is 10.3 Å². The van der Waals surface area contributed by atoms with Crippen molar-refractivity contribution in [2.45, 2.75) is 57.4 Å². The van der Waals surface area contributed by atoms with Crippen LogP contribution in [0, 0.1) is 0 Å². The van der Waals surface area contributed by atoms with E-state index in [-0.39, 0.29) is 30.8 Å². The number of ether oxygens (including phenoxy) is 4. The van der Waals surface area contributed by atoms with Crippen LogP contribution in [0.2, 0.25) is 0 Å². The molecule has 1 aliphatic carbocycles. The third-order valence-electron chi connectivity index (χ3n) is 7.87. The molecule has 0 radical (unpaired) electrons. The number of amides is 1. The van der Waals surface area contributed by atoms with Crippen molar-refractivity contribution in [3.05, 3.63) is 80.8 Å². The molecule has 11 heteroatoms. The van der Waals surface area contributed by atoms with Crippen molar-refractivity contribution in [1.82, 2.24) is 19.4 Å². The maximum atomic E-state index is 14.1. The molecular weight excluding hydrogens is 556 g/mol. The number of methoxy groups -OCH3 is 2. The molecule has 220 valence electrons. The maximum Gasteiger partial charge on any atom is 0.410 e. The summed E-state index contributed by atoms with van der Waals surface area (Å²) < 4.78 is 24.4. The summed E-state index contributed by atoms with van der Waals surface area (Å²) in [5, 5.41) is 0.691. The molecule has 0 N–H and O–H groups in total. The summed E-state index contributed by atoms with van der Waals surface area (Å²) in [7, 11) is 3.19. The van der Waals surface area contributed by atoms with E-state index in [4.69, 9.17) is 28.9 Å². The largest absolute Gasteiger partial charge is 0.497 e. The molecule has 3 heterocycles. The Kier molecular flexibility index (Phi) is 7.87. The molecule has 1 atom stereocenters. The minimum Gasteiger partial charge on any atom is -0.497 e. The van der Waals surface area contributed by atoms with Gasteiger partial charge in [0, 0.05) is 24.8 Å². The lowest BCUT2D eigenvalue weighted by atomic mass is 10.1. The first-order valence-electron chi connectivity index (χ1n) is 14.2. The smallest absolute Gasteiger partial charge is 0.410 e. The van der Waals surface area contributed by atoms with Crippen LogP contribution in [0.15, 0.2) is 53.3 Å². The molecule has 2 aromatic heterocycles. The predicted molar refractivity (Wildman–Crippen MR) is 158 cm³/mol. The Labute approximate surface area is 247 Å². The number of likely N-dealkylation sites (tertiary alicyclic amines) is 1. The molecule has 0 spiro atoms. The zero-order valence-electron chi connectivity index (χ0n) is 24.0. The highest BCUT2D eigenvalue weighted by Crippen LogP contribution is 2.49. The van der Waals surface area contributed by atoms with Gasteiger partial charge in [-0.3, -0.25) is 14.3 Å². The topological polar surface area (TPSA) is 105 Å². The second kappa shape index (κ2) is 11.7. The van der Waals surface area contributed by atoms with Gasteiger partial charge in [-0.1, -0.05) is 41.7 Å². The van der Waals surface area contributed by atoms with Gasteiger partial charge in [-0.05, 0) is 50.3 Å². The first-order valence-corrected chi connectivity index (χ1v) is 15.0. The summed E-state index contributed by atoms with van der Waals surface area (Å²) in [5.41, 5.74) is 1.19. The minimum absolute atomic E-state index is 0.201. The second-order valence-electron chi connectivity index (χ2n) is 10.5. The summed E-state index contributed by atoms with van der Waals surface area (Å²) in [5.74, 6) is 1.88. The Bertz CT molecular complexity index is 1650. The molecule has 4 aromatic rings. The van der Waals surface area contributed by atoms with Gasteiger partial charge in [0.25, 0.3) is 5.56 Å². The Hall–Kier alpha value is -3.96. The molecule has 1 unspecified atom stereocenters. The molecule has 1 saturated carbocycles. The number of fused-ring (bicyclic) bond motifs is 1. The van der Waals surface area contributed by atoms with Crippen LogP contribution >= 0.6 is 11.3 Å². The molecule has 2 fully saturated rings. The van der Waals surface area contributed by atoms with E-state index in [1.807, 2.05) is 49.4 Å². The SMILES string of the molecule is CCOC1(c2nc3sc(C4CCCN4C(=O)OCc4ccccc4)nc3c(=O)n2Cc2ccc(OC)cc2OC)CC1. The predicted octanol–water partition coefficient (Wildman–Crippen LogP) is 5.42. The molecule has 6 rings (SSSR count). The van der Waals surface area contributed by atoms with Crippen LogP contribution in [0.25, 0.3) is 10.3 Å². The summed E-state index contributed by atoms with van der Waals surface area (Å²) in [6.45, 7) is 3.47. The highest BCUT2D eigenvalue weighted by atomic mass is 32.1. The number of aromatic nitrogens is 3. The Morgan fingerprint density at radius 2 is 1.90 bits per heavy atom. The van der Waals surface area contributed by atoms with Crippen molar-refractivity contribution in [2.24, 2.45) is 0 Å². The number of nitrogens with zero attached hydrogens (tertiary/aromatic N) is 4. The van der Waals surface area contributed by atoms with E-state index in [1.54, 1.807) is 29.8 Å². The number of thiazole rings is 1. The lowest BCUT2D eigenvalue weighted by Crippen LogP contribution is -2.32. The van der Waals surface area contributed by atoms with Gasteiger partial charge >= 0.3 is 6.09 Å². The van der Waals surface area contributed by atoms with Crippen LogP contribution in [0.5, 0.6) is 11.5 Å². The zero-order chi connectivity index (χ0) is 29.3. The van der Waals surface area contributed by atoms with Gasteiger partial charge in [0.1, 0.15) is 34.5 Å². The fourth-order valence-corrected chi connectivity index (χ4v) is 6.66. The van der Waals surface area contributed by atoms with Crippen molar-refractivity contribution >= 4 is 27.8 Å². The molecule has 1 saturated heterocycles. The molecular formula is C31H34N4O6S. The van der Waals surface area contributed by atoms with Crippen LogP contribution in [-0.4, -0.2) is 52.9 Å². The monoisotopic (exact) mass is 590 g/mol. The number of carbonyl (C=O) groups is 1. The Morgan fingerprint density at radius 1 is 1.10 bits per heavy atom. The van der Waals surface area contributed by atoms with Crippen LogP contribution in [0.1, 0.15) is 60.6 Å². The number of hydrogen-bond donors (Lipinski definition) is 0. The molecule has 10 nitrogen and oxygen atoms in total. The third kappa shape index (κ3) is 5.34. The molecule has 2 aliphatic rings. The average Bonchev–Trinajstić information content (AvgIpc) is 3.41. The molecule has 0 bridgehead atoms. The van der Waals surface area contributed by atoms with Gasteiger partial charge < -0.3 is 18.9 Å². The number of hydrogen-bond acceptors (Lipinski definition) is 9. The lowest BCUT2D eigenvalue weighted by Gasteiger charge is -2.22. The van der Waals surface area contributed by atoms with Gasteiger partial charge in [-0.2, -0.15) is 0 Å². The molecule has 1 aliphatic heterocycles. The van der Waals surface area contributed by atoms with Crippen LogP contribution in [-0.2, 0) is 28.2 Å². The summed E-state index contributed by atoms with van der Waals surface area (Å²) in [6, 6.07) is 14.9. The highest BCUT2D eigenvalue weighted by Gasteiger charge is 2.50. The quantitative estimate of drug-likeness (QED) is 0.241. The second-order valence-corrected chi connectivity index (χ2v) is 11.5. The number of rotatable bonds is 10. The number of carbonyl (C=O) groups excluding carboxylic acids is 1. The summed E-state index contributed by atoms with van der Waals surface area (Å²) in [6.07, 6.45) is 2.76. The highest BCUT2D eigenvalue weighted by molar-refractivity contribution is 7.18. The van der Waals surface area contributed by atoms with E-state index in [9.17, 15) is 9.59 Å². The third-order valence-corrected chi connectivity index (χ3v) is 8.92. The van der Waals surface area contributed by atoms with E-state index in [2.05, 4.69) is 0 Å². The Balaban J connectivity index is 1.35. The van der Waals surface area contributed by atoms with Crippen molar-refractivity contribution in [1.29, 1.82) is 0 Å². The van der Waals surface area contributed by atoms with Gasteiger partial charge in [-0.25, -0.2) is 14.8 Å². The van der Waals surface area contributed by atoms with Crippen LogP contribution in [0.3, 0.4) is 0 Å². The first-order chi connectivity index (χ1) is 20.5. The van der Waals surface area contributed by atoms with Crippen molar-refractivity contribution in [3.8, 4) is 11.5 Å². The van der Waals surface area contributed by atoms with E-state index in [0.717, 1.165) is 36.8 Å². The standard InChI is InChI=1S/C31H34N4O6S/c1-4-41-31(14-15-31)29-33-27-25(28(36)35(29)18-21-12-13-22(38-2)17-24(21)39-3)32-26(42-27)23-11-8-16-34(23)30(37)40-19-20-9-6-5-7-10-20/h5-7,9-10,12-13,17,23H,4,8,11,14-16,18-19H2,1-3H3. The fourth-order valence-electron chi connectivity index (χ4n) is 5.58. The van der Waals surface area contributed by atoms with Gasteiger partial charge in [0.2, 0.25) is 0 Å². The summed E-state index contributed by atoms with van der Waals surface area (Å²) >= 11 is 1.37. The number of benzene rings is 2. The molecule has 42 heavy (non-hydrogen) atoms. The van der Waals surface area contributed by atoms with Crippen LogP contribution in [0.4, 0.5) is 4.79 Å². The van der Waals surface area contributed by atoms with Crippen molar-refractivity contribution < 1.29 is 23.7 Å². The minimum atomic E-state index is -0.605. The Morgan fingerprint density at radius 3 is 2.62 bits per heavy atom. The zero-order valence-corrected chi connectivity index (χ0v) is 24.8. The fraction of sp³-hybridized carbons (Fsp3) is 0.419. The van der Waals surface area contributed by atoms with E-state index in [0.29, 0.717) is 45.8 Å². The van der Waals surface area contributed by atoms with Gasteiger partial charge in [-0.15, -0.1) is 0 Å². The normalized spacial score (nSPS) is 17.4. The van der Waals surface area contributed by atoms with E-state index < -0.39 is 5.60 Å². The van der Waals surface area contributed by atoms with E-state index in [1.165, 1.54) is 11.3 Å². The van der Waals surface area contributed by atoms with Crippen molar-refractivity contribution in [3.63, 3.8) is 0 Å². The lowest BCUT2D eigenvalue weighted by molar-refractivity contribution is 0.0297. The van der Waals surface area contributed by atoms with Crippen LogP contribution < -0.4 is 15.0 Å². The average molecular weight is 591 g/mol. The maximum absolute atomic E-state index is 14.1. The van der Waals surface area contributed by atoms with E-state index >= 15 is 0 Å². The first kappa shape index (κ1) is 28.2. The molecule has 2 aromatic carbocycles. The summed E-state index contributed by atoms with van der Waals surface area (Å²) in [4.78, 5) is 39.2. The van der Waals surface area contributed by atoms with Gasteiger partial charge in [0.05, 0.1) is 26.8 Å². The van der Waals surface area contributed by atoms with Crippen molar-refractivity contribution in [2.75, 3.05) is 27.4 Å². The molecule has 1 amide bonds.